The van der Waals surface area contributed by atoms with E-state index in [0.717, 1.165) is 5.39 Å². The summed E-state index contributed by atoms with van der Waals surface area (Å²) in [7, 11) is 4.62. The molecule has 0 spiro atoms. The van der Waals surface area contributed by atoms with Gasteiger partial charge in [0, 0.05) is 29.3 Å². The number of benzene rings is 2. The maximum Gasteiger partial charge on any atom is 0.253 e. The average Bonchev–Trinajstić information content (AvgIpc) is 2.72. The Morgan fingerprint density at radius 1 is 0.964 bits per heavy atom. The first-order valence-corrected chi connectivity index (χ1v) is 8.69. The molecular weight excluding hydrogens is 360 g/mol. The normalized spacial score (nSPS) is 10.7. The number of nitrogens with one attached hydrogen (secondary N) is 1. The number of aromatic amines is 1. The molecule has 0 saturated heterocycles. The zero-order valence-electron chi connectivity index (χ0n) is 16.0. The van der Waals surface area contributed by atoms with E-state index in [-0.39, 0.29) is 24.6 Å². The number of anilines is 1. The number of carbonyl (C=O) groups excluding carboxylic acids is 1. The maximum atomic E-state index is 12.6. The Morgan fingerprint density at radius 2 is 1.64 bits per heavy atom. The third kappa shape index (κ3) is 4.15. The van der Waals surface area contributed by atoms with Gasteiger partial charge in [0.25, 0.3) is 11.5 Å². The zero-order valence-corrected chi connectivity index (χ0v) is 16.0. The molecule has 1 aromatic heterocycles. The Balaban J connectivity index is 2.00. The number of rotatable bonds is 7. The highest BCUT2D eigenvalue weighted by Crippen LogP contribution is 2.23. The number of pyridine rings is 1. The summed E-state index contributed by atoms with van der Waals surface area (Å²) >= 11 is 0. The third-order valence-corrected chi connectivity index (χ3v) is 4.41. The topological polar surface area (TPSA) is 80.9 Å². The van der Waals surface area contributed by atoms with E-state index >= 15 is 0 Å². The molecule has 28 heavy (non-hydrogen) atoms. The molecule has 1 N–H and O–H groups in total. The molecule has 0 aliphatic carbocycles. The molecule has 0 bridgehead atoms. The summed E-state index contributed by atoms with van der Waals surface area (Å²) < 4.78 is 15.4. The van der Waals surface area contributed by atoms with E-state index in [0.29, 0.717) is 28.3 Å². The van der Waals surface area contributed by atoms with Crippen LogP contribution in [0.4, 0.5) is 5.69 Å². The molecule has 0 aliphatic heterocycles. The summed E-state index contributed by atoms with van der Waals surface area (Å²) in [6.07, 6.45) is 0. The summed E-state index contributed by atoms with van der Waals surface area (Å²) in [4.78, 5) is 29.5. The van der Waals surface area contributed by atoms with Crippen LogP contribution >= 0.6 is 0 Å². The van der Waals surface area contributed by atoms with Crippen molar-refractivity contribution in [3.8, 4) is 11.5 Å². The monoisotopic (exact) mass is 382 g/mol. The summed E-state index contributed by atoms with van der Waals surface area (Å²) in [5.41, 5.74) is 1.56. The van der Waals surface area contributed by atoms with E-state index in [9.17, 15) is 9.59 Å². The predicted molar refractivity (Wildman–Crippen MR) is 107 cm³/mol. The lowest BCUT2D eigenvalue weighted by Crippen LogP contribution is -2.35. The van der Waals surface area contributed by atoms with Crippen LogP contribution in [0.2, 0.25) is 0 Å². The van der Waals surface area contributed by atoms with Gasteiger partial charge in [-0.25, -0.2) is 0 Å². The summed E-state index contributed by atoms with van der Waals surface area (Å²) in [5.74, 6) is 1.12. The van der Waals surface area contributed by atoms with Gasteiger partial charge < -0.3 is 24.1 Å². The van der Waals surface area contributed by atoms with Crippen molar-refractivity contribution in [1.29, 1.82) is 0 Å². The van der Waals surface area contributed by atoms with E-state index in [2.05, 4.69) is 4.98 Å². The first kappa shape index (κ1) is 19.4. The van der Waals surface area contributed by atoms with E-state index in [1.807, 2.05) is 6.07 Å². The van der Waals surface area contributed by atoms with Crippen LogP contribution in [-0.4, -0.2) is 38.8 Å². The second kappa shape index (κ2) is 8.58. The molecule has 0 fully saturated rings. The van der Waals surface area contributed by atoms with Crippen molar-refractivity contribution in [2.45, 2.75) is 6.54 Å². The molecule has 1 amide bonds. The number of H-pyrrole nitrogens is 1. The second-order valence-corrected chi connectivity index (χ2v) is 6.19. The van der Waals surface area contributed by atoms with Gasteiger partial charge in [-0.3, -0.25) is 9.59 Å². The molecular formula is C21H22N2O5. The lowest BCUT2D eigenvalue weighted by Gasteiger charge is -2.23. The van der Waals surface area contributed by atoms with Crippen LogP contribution in [0.25, 0.3) is 10.9 Å². The molecule has 146 valence electrons. The molecule has 3 aromatic rings. The van der Waals surface area contributed by atoms with Gasteiger partial charge in [-0.2, -0.15) is 0 Å². The Kier molecular flexibility index (Phi) is 5.96. The van der Waals surface area contributed by atoms with Gasteiger partial charge in [0.15, 0.2) is 0 Å². The molecule has 7 heteroatoms. The van der Waals surface area contributed by atoms with Crippen molar-refractivity contribution in [3.05, 3.63) is 64.4 Å². The standard InChI is InChI=1S/C21H22N2O5/c1-26-13-20(24)23(16-4-6-17(27-2)7-5-16)12-15-10-14-11-18(28-3)8-9-19(14)22-21(15)25/h4-11H,12-13H2,1-3H3,(H,22,25). The maximum absolute atomic E-state index is 12.6. The van der Waals surface area contributed by atoms with Gasteiger partial charge in [-0.1, -0.05) is 0 Å². The minimum absolute atomic E-state index is 0.0919. The summed E-state index contributed by atoms with van der Waals surface area (Å²) in [6.45, 7) is 0.0162. The van der Waals surface area contributed by atoms with Gasteiger partial charge in [-0.15, -0.1) is 0 Å². The molecule has 2 aromatic carbocycles. The minimum Gasteiger partial charge on any atom is -0.497 e. The quantitative estimate of drug-likeness (QED) is 0.680. The number of hydrogen-bond acceptors (Lipinski definition) is 5. The molecule has 1 heterocycles. The molecule has 0 saturated carbocycles. The van der Waals surface area contributed by atoms with Crippen LogP contribution < -0.4 is 19.9 Å². The predicted octanol–water partition coefficient (Wildman–Crippen LogP) is 2.72. The van der Waals surface area contributed by atoms with Crippen molar-refractivity contribution >= 4 is 22.5 Å². The second-order valence-electron chi connectivity index (χ2n) is 6.19. The molecule has 0 aliphatic rings. The largest absolute Gasteiger partial charge is 0.497 e. The summed E-state index contributed by atoms with van der Waals surface area (Å²) in [6, 6.07) is 14.2. The van der Waals surface area contributed by atoms with Gasteiger partial charge in [0.1, 0.15) is 18.1 Å². The van der Waals surface area contributed by atoms with Crippen molar-refractivity contribution in [3.63, 3.8) is 0 Å². The first-order valence-electron chi connectivity index (χ1n) is 8.69. The van der Waals surface area contributed by atoms with Crippen LogP contribution in [0.3, 0.4) is 0 Å². The van der Waals surface area contributed by atoms with Crippen LogP contribution in [0.1, 0.15) is 5.56 Å². The number of amides is 1. The number of hydrogen-bond donors (Lipinski definition) is 1. The Bertz CT molecular complexity index is 1030. The van der Waals surface area contributed by atoms with Gasteiger partial charge in [0.05, 0.1) is 20.8 Å². The highest BCUT2D eigenvalue weighted by atomic mass is 16.5. The number of nitrogens with zero attached hydrogens (tertiary/aromatic N) is 1. The van der Waals surface area contributed by atoms with E-state index in [1.54, 1.807) is 56.7 Å². The average molecular weight is 382 g/mol. The van der Waals surface area contributed by atoms with Gasteiger partial charge >= 0.3 is 0 Å². The number of aromatic nitrogens is 1. The number of methoxy groups -OCH3 is 3. The Labute approximate surface area is 162 Å². The van der Waals surface area contributed by atoms with Crippen molar-refractivity contribution in [2.24, 2.45) is 0 Å². The van der Waals surface area contributed by atoms with Crippen LogP contribution in [0.15, 0.2) is 53.3 Å². The van der Waals surface area contributed by atoms with Gasteiger partial charge in [0.2, 0.25) is 0 Å². The molecule has 7 nitrogen and oxygen atoms in total. The van der Waals surface area contributed by atoms with E-state index in [4.69, 9.17) is 14.2 Å². The first-order chi connectivity index (χ1) is 13.5. The Hall–Kier alpha value is -3.32. The van der Waals surface area contributed by atoms with Gasteiger partial charge in [-0.05, 0) is 48.5 Å². The number of ether oxygens (including phenoxy) is 3. The van der Waals surface area contributed by atoms with Crippen LogP contribution in [0.5, 0.6) is 11.5 Å². The van der Waals surface area contributed by atoms with E-state index < -0.39 is 0 Å². The lowest BCUT2D eigenvalue weighted by molar-refractivity contribution is -0.122. The van der Waals surface area contributed by atoms with Crippen LogP contribution in [0, 0.1) is 0 Å². The smallest absolute Gasteiger partial charge is 0.253 e. The molecule has 0 radical (unpaired) electrons. The zero-order chi connectivity index (χ0) is 20.1. The number of carbonyl (C=O) groups is 1. The fourth-order valence-corrected chi connectivity index (χ4v) is 2.93. The van der Waals surface area contributed by atoms with E-state index in [1.165, 1.54) is 12.0 Å². The van der Waals surface area contributed by atoms with Crippen molar-refractivity contribution < 1.29 is 19.0 Å². The van der Waals surface area contributed by atoms with Crippen molar-refractivity contribution in [1.82, 2.24) is 4.98 Å². The number of fused-ring (bicyclic) bond motifs is 1. The fraction of sp³-hybridized carbons (Fsp3) is 0.238. The fourth-order valence-electron chi connectivity index (χ4n) is 2.93. The molecule has 0 atom stereocenters. The van der Waals surface area contributed by atoms with Crippen molar-refractivity contribution in [2.75, 3.05) is 32.8 Å². The van der Waals surface area contributed by atoms with Crippen LogP contribution in [-0.2, 0) is 16.1 Å². The highest BCUT2D eigenvalue weighted by molar-refractivity contribution is 5.94. The molecule has 0 unspecified atom stereocenters. The highest BCUT2D eigenvalue weighted by Gasteiger charge is 2.18. The lowest BCUT2D eigenvalue weighted by atomic mass is 10.1. The third-order valence-electron chi connectivity index (χ3n) is 4.41. The SMILES string of the molecule is COCC(=O)N(Cc1cc2cc(OC)ccc2[nH]c1=O)c1ccc(OC)cc1. The molecule has 3 rings (SSSR count). The summed E-state index contributed by atoms with van der Waals surface area (Å²) in [5, 5.41) is 0.822. The minimum atomic E-state index is -0.252. The Morgan fingerprint density at radius 3 is 2.29 bits per heavy atom.